The highest BCUT2D eigenvalue weighted by Gasteiger charge is 2.27. The van der Waals surface area contributed by atoms with Crippen molar-refractivity contribution in [1.29, 1.82) is 0 Å². The van der Waals surface area contributed by atoms with Crippen LogP contribution in [-0.2, 0) is 14.4 Å². The minimum Gasteiger partial charge on any atom is -0.480 e. The predicted octanol–water partition coefficient (Wildman–Crippen LogP) is 0.661. The van der Waals surface area contributed by atoms with Crippen LogP contribution in [0.1, 0.15) is 46.0 Å². The summed E-state index contributed by atoms with van der Waals surface area (Å²) in [6, 6.07) is -1.50. The molecule has 19 heavy (non-hydrogen) atoms. The first-order valence-corrected chi connectivity index (χ1v) is 6.72. The number of aliphatic carboxylic acids is 1. The summed E-state index contributed by atoms with van der Waals surface area (Å²) in [4.78, 5) is 34.5. The second kappa shape index (κ2) is 7.11. The Kier molecular flexibility index (Phi) is 5.79. The summed E-state index contributed by atoms with van der Waals surface area (Å²) in [5.74, 6) is -1.41. The van der Waals surface area contributed by atoms with Crippen molar-refractivity contribution in [1.82, 2.24) is 10.6 Å². The molecule has 1 fully saturated rings. The molecule has 6 heteroatoms. The Hall–Kier alpha value is -1.59. The zero-order valence-electron chi connectivity index (χ0n) is 11.4. The van der Waals surface area contributed by atoms with Gasteiger partial charge in [-0.05, 0) is 25.2 Å². The maximum Gasteiger partial charge on any atom is 0.326 e. The maximum atomic E-state index is 12.0. The van der Waals surface area contributed by atoms with Gasteiger partial charge in [-0.3, -0.25) is 9.59 Å². The van der Waals surface area contributed by atoms with Gasteiger partial charge in [0, 0.05) is 6.42 Å². The molecule has 1 aliphatic heterocycles. The van der Waals surface area contributed by atoms with E-state index < -0.39 is 24.0 Å². The van der Waals surface area contributed by atoms with E-state index in [0.29, 0.717) is 19.3 Å². The fourth-order valence-electron chi connectivity index (χ4n) is 2.13. The Morgan fingerprint density at radius 2 is 2.11 bits per heavy atom. The molecule has 108 valence electrons. The highest BCUT2D eigenvalue weighted by atomic mass is 16.4. The fraction of sp³-hybridized carbons (Fsp3) is 0.769. The van der Waals surface area contributed by atoms with Crippen molar-refractivity contribution in [3.05, 3.63) is 0 Å². The molecule has 6 nitrogen and oxygen atoms in total. The first kappa shape index (κ1) is 15.5. The molecule has 1 unspecified atom stereocenters. The summed E-state index contributed by atoms with van der Waals surface area (Å²) >= 11 is 0. The minimum atomic E-state index is -1.04. The van der Waals surface area contributed by atoms with Crippen LogP contribution in [0.2, 0.25) is 0 Å². The van der Waals surface area contributed by atoms with E-state index in [1.165, 1.54) is 0 Å². The van der Waals surface area contributed by atoms with Gasteiger partial charge in [-0.1, -0.05) is 20.3 Å². The normalized spacial score (nSPS) is 21.4. The van der Waals surface area contributed by atoms with Crippen molar-refractivity contribution in [2.75, 3.05) is 0 Å². The van der Waals surface area contributed by atoms with Gasteiger partial charge < -0.3 is 15.7 Å². The first-order valence-electron chi connectivity index (χ1n) is 6.72. The second-order valence-electron chi connectivity index (χ2n) is 5.39. The standard InChI is InChI=1S/C13H22N2O4/c1-8(2)7-10(13(18)19)15-12(17)9-5-3-4-6-11(16)14-9/h8-10H,3-7H2,1-2H3,(H,14,16)(H,15,17)(H,18,19)/t9?,10-/m0/s1. The van der Waals surface area contributed by atoms with Crippen molar-refractivity contribution in [2.45, 2.75) is 58.0 Å². The molecule has 0 aromatic rings. The molecule has 0 aromatic carbocycles. The molecule has 2 atom stereocenters. The number of hydrogen-bond donors (Lipinski definition) is 3. The topological polar surface area (TPSA) is 95.5 Å². The van der Waals surface area contributed by atoms with Crippen LogP contribution in [0.4, 0.5) is 0 Å². The van der Waals surface area contributed by atoms with Gasteiger partial charge in [0.15, 0.2) is 0 Å². The number of carboxylic acid groups (broad SMARTS) is 1. The Morgan fingerprint density at radius 3 is 2.68 bits per heavy atom. The Bertz CT molecular complexity index is 355. The van der Waals surface area contributed by atoms with Crippen molar-refractivity contribution in [3.8, 4) is 0 Å². The van der Waals surface area contributed by atoms with Crippen LogP contribution in [0.3, 0.4) is 0 Å². The quantitative estimate of drug-likeness (QED) is 0.684. The summed E-state index contributed by atoms with van der Waals surface area (Å²) in [6.07, 6.45) is 2.92. The lowest BCUT2D eigenvalue weighted by Crippen LogP contribution is -2.51. The lowest BCUT2D eigenvalue weighted by molar-refractivity contribution is -0.142. The van der Waals surface area contributed by atoms with Crippen LogP contribution in [0, 0.1) is 5.92 Å². The first-order chi connectivity index (χ1) is 8.90. The number of carbonyl (C=O) groups is 3. The molecular formula is C13H22N2O4. The van der Waals surface area contributed by atoms with Gasteiger partial charge in [0.25, 0.3) is 0 Å². The van der Waals surface area contributed by atoms with Crippen molar-refractivity contribution >= 4 is 17.8 Å². The molecule has 1 heterocycles. The summed E-state index contributed by atoms with van der Waals surface area (Å²) in [7, 11) is 0. The Morgan fingerprint density at radius 1 is 1.42 bits per heavy atom. The van der Waals surface area contributed by atoms with Crippen molar-refractivity contribution in [3.63, 3.8) is 0 Å². The van der Waals surface area contributed by atoms with Crippen LogP contribution in [0.5, 0.6) is 0 Å². The van der Waals surface area contributed by atoms with Crippen LogP contribution in [0.25, 0.3) is 0 Å². The van der Waals surface area contributed by atoms with E-state index in [4.69, 9.17) is 5.11 Å². The van der Waals surface area contributed by atoms with Gasteiger partial charge in [0.2, 0.25) is 11.8 Å². The minimum absolute atomic E-state index is 0.145. The van der Waals surface area contributed by atoms with Gasteiger partial charge in [0.1, 0.15) is 12.1 Å². The van der Waals surface area contributed by atoms with Gasteiger partial charge >= 0.3 is 5.97 Å². The lowest BCUT2D eigenvalue weighted by atomic mass is 10.0. The molecule has 0 aliphatic carbocycles. The smallest absolute Gasteiger partial charge is 0.326 e. The third kappa shape index (κ3) is 5.28. The molecular weight excluding hydrogens is 248 g/mol. The van der Waals surface area contributed by atoms with Crippen LogP contribution < -0.4 is 10.6 Å². The molecule has 0 spiro atoms. The zero-order valence-corrected chi connectivity index (χ0v) is 11.4. The third-order valence-corrected chi connectivity index (χ3v) is 3.12. The number of carbonyl (C=O) groups excluding carboxylic acids is 2. The predicted molar refractivity (Wildman–Crippen MR) is 69.4 cm³/mol. The molecule has 3 N–H and O–H groups in total. The van der Waals surface area contributed by atoms with Gasteiger partial charge in [0.05, 0.1) is 0 Å². The van der Waals surface area contributed by atoms with E-state index in [9.17, 15) is 14.4 Å². The lowest BCUT2D eigenvalue weighted by Gasteiger charge is -2.21. The van der Waals surface area contributed by atoms with Crippen molar-refractivity contribution in [2.24, 2.45) is 5.92 Å². The van der Waals surface area contributed by atoms with E-state index in [1.54, 1.807) is 0 Å². The molecule has 1 saturated heterocycles. The summed E-state index contributed by atoms with van der Waals surface area (Å²) < 4.78 is 0. The second-order valence-corrected chi connectivity index (χ2v) is 5.39. The number of nitrogens with one attached hydrogen (secondary N) is 2. The molecule has 0 aromatic heterocycles. The number of rotatable bonds is 5. The fourth-order valence-corrected chi connectivity index (χ4v) is 2.13. The van der Waals surface area contributed by atoms with E-state index in [2.05, 4.69) is 10.6 Å². The van der Waals surface area contributed by atoms with Crippen LogP contribution in [0.15, 0.2) is 0 Å². The third-order valence-electron chi connectivity index (χ3n) is 3.12. The zero-order chi connectivity index (χ0) is 14.4. The average Bonchev–Trinajstić information content (AvgIpc) is 2.52. The Labute approximate surface area is 112 Å². The summed E-state index contributed by atoms with van der Waals surface area (Å²) in [6.45, 7) is 3.80. The highest BCUT2D eigenvalue weighted by molar-refractivity contribution is 5.90. The summed E-state index contributed by atoms with van der Waals surface area (Å²) in [5.41, 5.74) is 0. The summed E-state index contributed by atoms with van der Waals surface area (Å²) in [5, 5.41) is 14.2. The van der Waals surface area contributed by atoms with E-state index >= 15 is 0 Å². The SMILES string of the molecule is CC(C)C[C@H](NC(=O)C1CCCCC(=O)N1)C(=O)O. The molecule has 1 rings (SSSR count). The molecule has 0 bridgehead atoms. The van der Waals surface area contributed by atoms with E-state index in [0.717, 1.165) is 12.8 Å². The molecule has 1 aliphatic rings. The molecule has 0 radical (unpaired) electrons. The Balaban J connectivity index is 2.59. The number of amides is 2. The van der Waals surface area contributed by atoms with E-state index in [1.807, 2.05) is 13.8 Å². The van der Waals surface area contributed by atoms with Crippen molar-refractivity contribution < 1.29 is 19.5 Å². The van der Waals surface area contributed by atoms with Crippen LogP contribution >= 0.6 is 0 Å². The van der Waals surface area contributed by atoms with E-state index in [-0.39, 0.29) is 11.8 Å². The molecule has 2 amide bonds. The number of carboxylic acids is 1. The molecule has 0 saturated carbocycles. The maximum absolute atomic E-state index is 12.0. The van der Waals surface area contributed by atoms with Gasteiger partial charge in [-0.2, -0.15) is 0 Å². The largest absolute Gasteiger partial charge is 0.480 e. The van der Waals surface area contributed by atoms with Gasteiger partial charge in [-0.25, -0.2) is 4.79 Å². The van der Waals surface area contributed by atoms with Gasteiger partial charge in [-0.15, -0.1) is 0 Å². The monoisotopic (exact) mass is 270 g/mol. The highest BCUT2D eigenvalue weighted by Crippen LogP contribution is 2.11. The van der Waals surface area contributed by atoms with Crippen LogP contribution in [-0.4, -0.2) is 35.0 Å². The number of hydrogen-bond acceptors (Lipinski definition) is 3. The average molecular weight is 270 g/mol.